The van der Waals surface area contributed by atoms with E-state index in [1.165, 1.54) is 0 Å². The average Bonchev–Trinajstić information content (AvgIpc) is 2.13. The Morgan fingerprint density at radius 1 is 1.44 bits per heavy atom. The summed E-state index contributed by atoms with van der Waals surface area (Å²) in [5, 5.41) is 17.3. The first-order valence-corrected chi connectivity index (χ1v) is 5.84. The van der Waals surface area contributed by atoms with Crippen molar-refractivity contribution in [3.63, 3.8) is 0 Å². The standard InChI is InChI=1S/C12H24O4/c1-10(9-11(14)15)5-4-6-12(2,3)16-8-7-13/h10,13H,4-9H2,1-3H3,(H,14,15). The first-order chi connectivity index (χ1) is 7.37. The van der Waals surface area contributed by atoms with Crippen LogP contribution in [-0.2, 0) is 9.53 Å². The van der Waals surface area contributed by atoms with Crippen LogP contribution in [0.4, 0.5) is 0 Å². The van der Waals surface area contributed by atoms with E-state index in [0.29, 0.717) is 6.61 Å². The van der Waals surface area contributed by atoms with E-state index in [1.54, 1.807) is 0 Å². The number of carbonyl (C=O) groups is 1. The Balaban J connectivity index is 3.66. The van der Waals surface area contributed by atoms with Crippen LogP contribution in [0.25, 0.3) is 0 Å². The van der Waals surface area contributed by atoms with Gasteiger partial charge in [-0.2, -0.15) is 0 Å². The molecule has 1 unspecified atom stereocenters. The lowest BCUT2D eigenvalue weighted by Crippen LogP contribution is -2.26. The van der Waals surface area contributed by atoms with Crippen LogP contribution in [0.15, 0.2) is 0 Å². The smallest absolute Gasteiger partial charge is 0.303 e. The molecule has 0 heterocycles. The lowest BCUT2D eigenvalue weighted by Gasteiger charge is -2.25. The van der Waals surface area contributed by atoms with Gasteiger partial charge in [0.15, 0.2) is 0 Å². The van der Waals surface area contributed by atoms with Crippen LogP contribution < -0.4 is 0 Å². The molecule has 0 bridgehead atoms. The molecule has 0 radical (unpaired) electrons. The van der Waals surface area contributed by atoms with Crippen LogP contribution in [0.2, 0.25) is 0 Å². The Bertz CT molecular complexity index is 201. The van der Waals surface area contributed by atoms with Gasteiger partial charge in [-0.05, 0) is 26.2 Å². The Labute approximate surface area is 97.6 Å². The first kappa shape index (κ1) is 15.4. The Kier molecular flexibility index (Phi) is 7.34. The molecule has 0 aliphatic rings. The highest BCUT2D eigenvalue weighted by Crippen LogP contribution is 2.20. The summed E-state index contributed by atoms with van der Waals surface area (Å²) in [5.41, 5.74) is -0.230. The van der Waals surface area contributed by atoms with Crippen LogP contribution in [0.3, 0.4) is 0 Å². The molecule has 0 aliphatic carbocycles. The Morgan fingerprint density at radius 3 is 2.56 bits per heavy atom. The fourth-order valence-corrected chi connectivity index (χ4v) is 1.67. The summed E-state index contributed by atoms with van der Waals surface area (Å²) in [4.78, 5) is 10.5. The molecular weight excluding hydrogens is 208 g/mol. The number of carboxylic acid groups (broad SMARTS) is 1. The van der Waals surface area contributed by atoms with Crippen LogP contribution in [0, 0.1) is 5.92 Å². The molecular formula is C12H24O4. The molecule has 96 valence electrons. The number of ether oxygens (including phenoxy) is 1. The van der Waals surface area contributed by atoms with Crippen LogP contribution >= 0.6 is 0 Å². The van der Waals surface area contributed by atoms with Crippen molar-refractivity contribution in [1.29, 1.82) is 0 Å². The van der Waals surface area contributed by atoms with E-state index >= 15 is 0 Å². The summed E-state index contributed by atoms with van der Waals surface area (Å²) in [5.74, 6) is -0.519. The molecule has 0 fully saturated rings. The zero-order valence-electron chi connectivity index (χ0n) is 10.5. The molecule has 4 nitrogen and oxygen atoms in total. The van der Waals surface area contributed by atoms with E-state index in [2.05, 4.69) is 0 Å². The molecule has 2 N–H and O–H groups in total. The summed E-state index contributed by atoms with van der Waals surface area (Å²) >= 11 is 0. The number of aliphatic carboxylic acids is 1. The second-order valence-corrected chi connectivity index (χ2v) is 4.93. The fourth-order valence-electron chi connectivity index (χ4n) is 1.67. The normalized spacial score (nSPS) is 13.8. The lowest BCUT2D eigenvalue weighted by atomic mass is 9.95. The molecule has 0 rings (SSSR count). The van der Waals surface area contributed by atoms with Crippen LogP contribution in [0.5, 0.6) is 0 Å². The van der Waals surface area contributed by atoms with E-state index in [-0.39, 0.29) is 24.5 Å². The fraction of sp³-hybridized carbons (Fsp3) is 0.917. The minimum absolute atomic E-state index is 0.0405. The third-order valence-electron chi connectivity index (χ3n) is 2.58. The van der Waals surface area contributed by atoms with Gasteiger partial charge in [-0.25, -0.2) is 0 Å². The van der Waals surface area contributed by atoms with Crippen LogP contribution in [0.1, 0.15) is 46.5 Å². The molecule has 0 aromatic heterocycles. The predicted octanol–water partition coefficient (Wildman–Crippen LogP) is 2.06. The van der Waals surface area contributed by atoms with E-state index in [9.17, 15) is 4.79 Å². The highest BCUT2D eigenvalue weighted by molar-refractivity contribution is 5.66. The predicted molar refractivity (Wildman–Crippen MR) is 62.4 cm³/mol. The van der Waals surface area contributed by atoms with E-state index < -0.39 is 5.97 Å². The highest BCUT2D eigenvalue weighted by Gasteiger charge is 2.18. The van der Waals surface area contributed by atoms with Crippen molar-refractivity contribution in [1.82, 2.24) is 0 Å². The minimum Gasteiger partial charge on any atom is -0.481 e. The molecule has 0 amide bonds. The highest BCUT2D eigenvalue weighted by atomic mass is 16.5. The molecule has 4 heteroatoms. The monoisotopic (exact) mass is 232 g/mol. The molecule has 0 aromatic carbocycles. The third kappa shape index (κ3) is 8.68. The topological polar surface area (TPSA) is 66.8 Å². The number of hydrogen-bond acceptors (Lipinski definition) is 3. The molecule has 0 saturated carbocycles. The van der Waals surface area contributed by atoms with Crippen molar-refractivity contribution in [2.75, 3.05) is 13.2 Å². The molecule has 0 aromatic rings. The average molecular weight is 232 g/mol. The molecule has 0 saturated heterocycles. The van der Waals surface area contributed by atoms with Gasteiger partial charge in [-0.1, -0.05) is 19.8 Å². The summed E-state index contributed by atoms with van der Waals surface area (Å²) in [6, 6.07) is 0. The Hall–Kier alpha value is -0.610. The largest absolute Gasteiger partial charge is 0.481 e. The zero-order chi connectivity index (χ0) is 12.6. The van der Waals surface area contributed by atoms with Gasteiger partial charge in [0.05, 0.1) is 18.8 Å². The van der Waals surface area contributed by atoms with Gasteiger partial charge in [0.25, 0.3) is 0 Å². The second kappa shape index (κ2) is 7.63. The van der Waals surface area contributed by atoms with Gasteiger partial charge in [0.2, 0.25) is 0 Å². The minimum atomic E-state index is -0.733. The van der Waals surface area contributed by atoms with Gasteiger partial charge in [0.1, 0.15) is 0 Å². The molecule has 16 heavy (non-hydrogen) atoms. The van der Waals surface area contributed by atoms with Crippen molar-refractivity contribution in [3.05, 3.63) is 0 Å². The molecule has 0 spiro atoms. The number of hydrogen-bond donors (Lipinski definition) is 2. The van der Waals surface area contributed by atoms with Crippen LogP contribution in [-0.4, -0.2) is 35.0 Å². The van der Waals surface area contributed by atoms with Crippen molar-refractivity contribution >= 4 is 5.97 Å². The summed E-state index contributed by atoms with van der Waals surface area (Å²) in [7, 11) is 0. The molecule has 1 atom stereocenters. The van der Waals surface area contributed by atoms with Gasteiger partial charge < -0.3 is 14.9 Å². The first-order valence-electron chi connectivity index (χ1n) is 5.84. The quantitative estimate of drug-likeness (QED) is 0.638. The van der Waals surface area contributed by atoms with Gasteiger partial charge in [0, 0.05) is 6.42 Å². The number of rotatable bonds is 9. The maximum atomic E-state index is 10.5. The van der Waals surface area contributed by atoms with E-state index in [1.807, 2.05) is 20.8 Å². The summed E-state index contributed by atoms with van der Waals surface area (Å²) in [6.45, 7) is 6.33. The number of carboxylic acids is 1. The lowest BCUT2D eigenvalue weighted by molar-refractivity contribution is -0.138. The number of aliphatic hydroxyl groups is 1. The van der Waals surface area contributed by atoms with Gasteiger partial charge in [-0.15, -0.1) is 0 Å². The second-order valence-electron chi connectivity index (χ2n) is 4.93. The van der Waals surface area contributed by atoms with Gasteiger partial charge >= 0.3 is 5.97 Å². The summed E-state index contributed by atoms with van der Waals surface area (Å²) < 4.78 is 5.48. The van der Waals surface area contributed by atoms with E-state index in [4.69, 9.17) is 14.9 Å². The Morgan fingerprint density at radius 2 is 2.06 bits per heavy atom. The van der Waals surface area contributed by atoms with Crippen molar-refractivity contribution in [2.24, 2.45) is 5.92 Å². The SMILES string of the molecule is CC(CCCC(C)(C)OCCO)CC(=O)O. The summed E-state index contributed by atoms with van der Waals surface area (Å²) in [6.07, 6.45) is 2.97. The zero-order valence-corrected chi connectivity index (χ0v) is 10.5. The maximum absolute atomic E-state index is 10.5. The number of aliphatic hydroxyl groups excluding tert-OH is 1. The molecule has 0 aliphatic heterocycles. The van der Waals surface area contributed by atoms with Gasteiger partial charge in [-0.3, -0.25) is 4.79 Å². The maximum Gasteiger partial charge on any atom is 0.303 e. The van der Waals surface area contributed by atoms with Crippen molar-refractivity contribution in [3.8, 4) is 0 Å². The van der Waals surface area contributed by atoms with Crippen molar-refractivity contribution in [2.45, 2.75) is 52.1 Å². The van der Waals surface area contributed by atoms with Crippen molar-refractivity contribution < 1.29 is 19.7 Å². The van der Waals surface area contributed by atoms with E-state index in [0.717, 1.165) is 19.3 Å². The third-order valence-corrected chi connectivity index (χ3v) is 2.58.